The summed E-state index contributed by atoms with van der Waals surface area (Å²) in [7, 11) is 0. The third kappa shape index (κ3) is 5.93. The highest BCUT2D eigenvalue weighted by Gasteiger charge is 2.29. The highest BCUT2D eigenvalue weighted by molar-refractivity contribution is 5.85. The molecule has 0 bridgehead atoms. The summed E-state index contributed by atoms with van der Waals surface area (Å²) in [4.78, 5) is 26.1. The second-order valence-corrected chi connectivity index (χ2v) is 7.81. The number of aryl methyl sites for hydroxylation is 1. The molecule has 2 fully saturated rings. The largest absolute Gasteiger partial charge is 0.353 e. The van der Waals surface area contributed by atoms with Crippen LogP contribution in [0.1, 0.15) is 57.0 Å². The Kier molecular flexibility index (Phi) is 9.25. The van der Waals surface area contributed by atoms with Crippen molar-refractivity contribution in [2.24, 2.45) is 11.7 Å². The van der Waals surface area contributed by atoms with Crippen LogP contribution in [-0.4, -0.2) is 53.0 Å². The first kappa shape index (κ1) is 23.9. The zero-order valence-electron chi connectivity index (χ0n) is 16.6. The van der Waals surface area contributed by atoms with Crippen LogP contribution < -0.4 is 10.6 Å². The van der Waals surface area contributed by atoms with Crippen molar-refractivity contribution >= 4 is 36.5 Å². The lowest BCUT2D eigenvalue weighted by Crippen LogP contribution is -2.49. The van der Waals surface area contributed by atoms with Crippen molar-refractivity contribution in [3.05, 3.63) is 17.6 Å². The fourth-order valence-corrected chi connectivity index (χ4v) is 3.85. The van der Waals surface area contributed by atoms with Gasteiger partial charge in [-0.15, -0.1) is 24.8 Å². The summed E-state index contributed by atoms with van der Waals surface area (Å²) in [6.07, 6.45) is 3.95. The molecule has 2 aliphatic rings. The molecule has 1 aliphatic heterocycles. The molecule has 1 saturated carbocycles. The lowest BCUT2D eigenvalue weighted by atomic mass is 9.99. The first-order valence-corrected chi connectivity index (χ1v) is 9.58. The van der Waals surface area contributed by atoms with E-state index < -0.39 is 0 Å². The van der Waals surface area contributed by atoms with E-state index in [-0.39, 0.29) is 36.8 Å². The lowest BCUT2D eigenvalue weighted by molar-refractivity contribution is -0.132. The molecule has 3 rings (SSSR count). The van der Waals surface area contributed by atoms with Crippen LogP contribution >= 0.6 is 24.8 Å². The van der Waals surface area contributed by atoms with E-state index in [4.69, 9.17) is 10.7 Å². The van der Waals surface area contributed by atoms with E-state index in [1.807, 2.05) is 17.9 Å². The van der Waals surface area contributed by atoms with Gasteiger partial charge in [0, 0.05) is 56.3 Å². The maximum atomic E-state index is 12.6. The maximum absolute atomic E-state index is 12.6. The molecular weight excluding hydrogens is 385 g/mol. The van der Waals surface area contributed by atoms with Gasteiger partial charge in [0.2, 0.25) is 5.91 Å². The molecule has 1 aromatic heterocycles. The van der Waals surface area contributed by atoms with Gasteiger partial charge in [0.25, 0.3) is 0 Å². The van der Waals surface area contributed by atoms with Crippen LogP contribution in [0.4, 0.5) is 5.82 Å². The number of carbonyl (C=O) groups is 1. The van der Waals surface area contributed by atoms with Gasteiger partial charge in [0.1, 0.15) is 11.6 Å². The molecule has 27 heavy (non-hydrogen) atoms. The number of hydrogen-bond acceptors (Lipinski definition) is 5. The Morgan fingerprint density at radius 2 is 1.85 bits per heavy atom. The van der Waals surface area contributed by atoms with Crippen LogP contribution in [0.3, 0.4) is 0 Å². The van der Waals surface area contributed by atoms with Gasteiger partial charge < -0.3 is 15.5 Å². The smallest absolute Gasteiger partial charge is 0.223 e. The van der Waals surface area contributed by atoms with Gasteiger partial charge in [-0.25, -0.2) is 9.97 Å². The van der Waals surface area contributed by atoms with E-state index in [2.05, 4.69) is 23.7 Å². The molecule has 8 heteroatoms. The molecule has 1 aromatic rings. The SMILES string of the molecule is Cc1cc(N2CCN(C(=O)C[C@@H]3CCC[C@H]3N)CC2)nc(C(C)C)n1.Cl.Cl. The zero-order chi connectivity index (χ0) is 18.0. The van der Waals surface area contributed by atoms with Crippen molar-refractivity contribution in [3.63, 3.8) is 0 Å². The number of nitrogens with two attached hydrogens (primary N) is 1. The van der Waals surface area contributed by atoms with Gasteiger partial charge in [-0.2, -0.15) is 0 Å². The summed E-state index contributed by atoms with van der Waals surface area (Å²) < 4.78 is 0. The van der Waals surface area contributed by atoms with Crippen molar-refractivity contribution in [2.75, 3.05) is 31.1 Å². The Hall–Kier alpha value is -1.11. The van der Waals surface area contributed by atoms with Crippen LogP contribution in [0.15, 0.2) is 6.07 Å². The average molecular weight is 418 g/mol. The molecule has 1 aliphatic carbocycles. The van der Waals surface area contributed by atoms with Gasteiger partial charge >= 0.3 is 0 Å². The molecule has 1 saturated heterocycles. The molecule has 1 amide bonds. The molecular formula is C19H33Cl2N5O. The monoisotopic (exact) mass is 417 g/mol. The third-order valence-electron chi connectivity index (χ3n) is 5.49. The second-order valence-electron chi connectivity index (χ2n) is 7.81. The molecule has 0 aromatic carbocycles. The molecule has 6 nitrogen and oxygen atoms in total. The minimum absolute atomic E-state index is 0. The Labute approximate surface area is 175 Å². The van der Waals surface area contributed by atoms with Gasteiger partial charge in [-0.1, -0.05) is 20.3 Å². The molecule has 0 radical (unpaired) electrons. The van der Waals surface area contributed by atoms with E-state index in [0.29, 0.717) is 18.3 Å². The fourth-order valence-electron chi connectivity index (χ4n) is 3.85. The summed E-state index contributed by atoms with van der Waals surface area (Å²) in [5.41, 5.74) is 7.12. The predicted molar refractivity (Wildman–Crippen MR) is 114 cm³/mol. The number of amides is 1. The number of anilines is 1. The van der Waals surface area contributed by atoms with E-state index in [0.717, 1.165) is 62.8 Å². The number of hydrogen-bond donors (Lipinski definition) is 1. The number of piperazine rings is 1. The minimum atomic E-state index is 0. The molecule has 2 heterocycles. The second kappa shape index (κ2) is 10.4. The molecule has 0 unspecified atom stereocenters. The fraction of sp³-hybridized carbons (Fsp3) is 0.737. The Balaban J connectivity index is 0.00000182. The van der Waals surface area contributed by atoms with Crippen molar-refractivity contribution in [2.45, 2.75) is 58.4 Å². The highest BCUT2D eigenvalue weighted by atomic mass is 35.5. The highest BCUT2D eigenvalue weighted by Crippen LogP contribution is 2.27. The predicted octanol–water partition coefficient (Wildman–Crippen LogP) is 2.92. The number of halogens is 2. The summed E-state index contributed by atoms with van der Waals surface area (Å²) in [6, 6.07) is 2.25. The molecule has 154 valence electrons. The first-order chi connectivity index (χ1) is 11.9. The molecule has 2 atom stereocenters. The quantitative estimate of drug-likeness (QED) is 0.814. The lowest BCUT2D eigenvalue weighted by Gasteiger charge is -2.36. The Bertz CT molecular complexity index is 620. The number of aromatic nitrogens is 2. The van der Waals surface area contributed by atoms with Gasteiger partial charge in [0.05, 0.1) is 0 Å². The van der Waals surface area contributed by atoms with Crippen molar-refractivity contribution in [1.29, 1.82) is 0 Å². The first-order valence-electron chi connectivity index (χ1n) is 9.58. The van der Waals surface area contributed by atoms with Gasteiger partial charge in [-0.05, 0) is 25.7 Å². The normalized spacial score (nSPS) is 22.4. The van der Waals surface area contributed by atoms with E-state index >= 15 is 0 Å². The van der Waals surface area contributed by atoms with E-state index in [9.17, 15) is 4.79 Å². The summed E-state index contributed by atoms with van der Waals surface area (Å²) in [6.45, 7) is 9.43. The number of nitrogens with zero attached hydrogens (tertiary/aromatic N) is 4. The standard InChI is InChI=1S/C19H31N5O.2ClH/c1-13(2)19-21-14(3)11-17(22-19)23-7-9-24(10-8-23)18(25)12-15-5-4-6-16(15)20;;/h11,13,15-16H,4-10,12,20H2,1-3H3;2*1H/t15-,16+;;/m0../s1. The van der Waals surface area contributed by atoms with Crippen LogP contribution in [0.5, 0.6) is 0 Å². The van der Waals surface area contributed by atoms with Crippen LogP contribution in [0.2, 0.25) is 0 Å². The Morgan fingerprint density at radius 1 is 1.19 bits per heavy atom. The zero-order valence-corrected chi connectivity index (χ0v) is 18.2. The van der Waals surface area contributed by atoms with Crippen LogP contribution in [0.25, 0.3) is 0 Å². The Morgan fingerprint density at radius 3 is 2.41 bits per heavy atom. The van der Waals surface area contributed by atoms with Crippen molar-refractivity contribution < 1.29 is 4.79 Å². The van der Waals surface area contributed by atoms with Crippen molar-refractivity contribution in [3.8, 4) is 0 Å². The minimum Gasteiger partial charge on any atom is -0.353 e. The third-order valence-corrected chi connectivity index (χ3v) is 5.49. The summed E-state index contributed by atoms with van der Waals surface area (Å²) in [5.74, 6) is 2.84. The van der Waals surface area contributed by atoms with Gasteiger partial charge in [0.15, 0.2) is 0 Å². The van der Waals surface area contributed by atoms with Crippen LogP contribution in [-0.2, 0) is 4.79 Å². The van der Waals surface area contributed by atoms with E-state index in [1.165, 1.54) is 0 Å². The maximum Gasteiger partial charge on any atom is 0.223 e. The topological polar surface area (TPSA) is 75.3 Å². The number of carbonyl (C=O) groups excluding carboxylic acids is 1. The molecule has 0 spiro atoms. The van der Waals surface area contributed by atoms with Crippen molar-refractivity contribution in [1.82, 2.24) is 14.9 Å². The summed E-state index contributed by atoms with van der Waals surface area (Å²) in [5, 5.41) is 0. The van der Waals surface area contributed by atoms with Gasteiger partial charge in [-0.3, -0.25) is 4.79 Å². The van der Waals surface area contributed by atoms with E-state index in [1.54, 1.807) is 0 Å². The van der Waals surface area contributed by atoms with Crippen LogP contribution in [0, 0.1) is 12.8 Å². The summed E-state index contributed by atoms with van der Waals surface area (Å²) >= 11 is 0. The average Bonchev–Trinajstić information content (AvgIpc) is 2.99. The number of rotatable bonds is 4. The molecule has 2 N–H and O–H groups in total.